The summed E-state index contributed by atoms with van der Waals surface area (Å²) in [6.45, 7) is 4.63. The molecule has 2 rings (SSSR count). The summed E-state index contributed by atoms with van der Waals surface area (Å²) in [7, 11) is 1.92. The van der Waals surface area contributed by atoms with Gasteiger partial charge in [-0.15, -0.1) is 11.3 Å². The third kappa shape index (κ3) is 3.59. The molecule has 0 N–H and O–H groups in total. The summed E-state index contributed by atoms with van der Waals surface area (Å²) in [5.41, 5.74) is 1.21. The Morgan fingerprint density at radius 3 is 2.76 bits per heavy atom. The van der Waals surface area contributed by atoms with Crippen molar-refractivity contribution in [2.24, 2.45) is 0 Å². The Hall–Kier alpha value is -1.49. The Balaban J connectivity index is 2.22. The van der Waals surface area contributed by atoms with Crippen LogP contribution in [0.3, 0.4) is 0 Å². The molecule has 2 aromatic rings. The molecule has 110 valence electrons. The van der Waals surface area contributed by atoms with E-state index in [1.165, 1.54) is 9.56 Å². The van der Waals surface area contributed by atoms with E-state index in [0.29, 0.717) is 17.9 Å². The van der Waals surface area contributed by atoms with Crippen molar-refractivity contribution in [1.29, 1.82) is 5.26 Å². The number of aryl methyl sites for hydroxylation is 1. The zero-order valence-electron chi connectivity index (χ0n) is 12.1. The van der Waals surface area contributed by atoms with Crippen LogP contribution >= 0.6 is 27.3 Å². The molecule has 0 aliphatic heterocycles. The van der Waals surface area contributed by atoms with Gasteiger partial charge in [0.2, 0.25) is 0 Å². The number of nitrogens with zero attached hydrogens (tertiary/aromatic N) is 4. The number of thiophene rings is 1. The zero-order chi connectivity index (χ0) is 15.6. The molecule has 21 heavy (non-hydrogen) atoms. The predicted octanol–water partition coefficient (Wildman–Crippen LogP) is 2.65. The molecule has 0 bridgehead atoms. The number of hydrogen-bond acceptors (Lipinski definition) is 5. The third-order valence-corrected chi connectivity index (χ3v) is 4.79. The van der Waals surface area contributed by atoms with Crippen molar-refractivity contribution in [3.8, 4) is 6.07 Å². The fraction of sp³-hybridized carbons (Fsp3) is 0.357. The molecule has 0 saturated carbocycles. The maximum absolute atomic E-state index is 12.2. The first-order valence-electron chi connectivity index (χ1n) is 6.33. The van der Waals surface area contributed by atoms with E-state index in [4.69, 9.17) is 5.26 Å². The quantitative estimate of drug-likeness (QED) is 0.834. The molecule has 0 spiro atoms. The lowest BCUT2D eigenvalue weighted by molar-refractivity contribution is 0.241. The molecule has 5 nitrogen and oxygen atoms in total. The molecule has 0 radical (unpaired) electrons. The van der Waals surface area contributed by atoms with Gasteiger partial charge in [-0.25, -0.2) is 4.68 Å². The first-order valence-corrected chi connectivity index (χ1v) is 7.94. The molecule has 2 heterocycles. The molecule has 0 aliphatic rings. The highest BCUT2D eigenvalue weighted by Crippen LogP contribution is 2.23. The number of halogens is 1. The average molecular weight is 367 g/mol. The maximum Gasteiger partial charge on any atom is 0.286 e. The molecule has 0 aromatic carbocycles. The summed E-state index contributed by atoms with van der Waals surface area (Å²) in [6, 6.07) is 6.02. The van der Waals surface area contributed by atoms with Gasteiger partial charge in [-0.2, -0.15) is 10.4 Å². The highest BCUT2D eigenvalue weighted by Gasteiger charge is 2.13. The fourth-order valence-corrected chi connectivity index (χ4v) is 3.54. The Morgan fingerprint density at radius 2 is 2.19 bits per heavy atom. The number of hydrogen-bond donors (Lipinski definition) is 0. The van der Waals surface area contributed by atoms with E-state index in [1.54, 1.807) is 18.3 Å². The van der Waals surface area contributed by atoms with E-state index in [9.17, 15) is 4.79 Å². The summed E-state index contributed by atoms with van der Waals surface area (Å²) in [5, 5.41) is 13.4. The minimum atomic E-state index is -0.334. The van der Waals surface area contributed by atoms with Crippen LogP contribution in [0.25, 0.3) is 0 Å². The van der Waals surface area contributed by atoms with E-state index in [-0.39, 0.29) is 11.1 Å². The summed E-state index contributed by atoms with van der Waals surface area (Å²) in [5.74, 6) is 0. The van der Waals surface area contributed by atoms with Gasteiger partial charge in [-0.05, 0) is 54.5 Å². The molecule has 7 heteroatoms. The molecule has 0 atom stereocenters. The average Bonchev–Trinajstić information content (AvgIpc) is 2.82. The largest absolute Gasteiger partial charge is 0.286 e. The van der Waals surface area contributed by atoms with Crippen molar-refractivity contribution in [3.63, 3.8) is 0 Å². The van der Waals surface area contributed by atoms with Crippen LogP contribution in [0.5, 0.6) is 0 Å². The molecule has 0 aliphatic carbocycles. The van der Waals surface area contributed by atoms with Gasteiger partial charge < -0.3 is 0 Å². The van der Waals surface area contributed by atoms with Crippen molar-refractivity contribution in [2.45, 2.75) is 27.1 Å². The van der Waals surface area contributed by atoms with Crippen LogP contribution in [0.4, 0.5) is 0 Å². The molecule has 0 fully saturated rings. The zero-order valence-corrected chi connectivity index (χ0v) is 14.5. The second-order valence-corrected chi connectivity index (χ2v) is 7.41. The molecular formula is C14H15BrN4OS. The lowest BCUT2D eigenvalue weighted by atomic mass is 10.1. The normalized spacial score (nSPS) is 10.9. The van der Waals surface area contributed by atoms with Crippen molar-refractivity contribution in [2.75, 3.05) is 7.05 Å². The second-order valence-electron chi connectivity index (χ2n) is 4.86. The fourth-order valence-electron chi connectivity index (χ4n) is 1.98. The van der Waals surface area contributed by atoms with Gasteiger partial charge in [0, 0.05) is 11.4 Å². The van der Waals surface area contributed by atoms with E-state index < -0.39 is 0 Å². The van der Waals surface area contributed by atoms with Gasteiger partial charge in [0.25, 0.3) is 5.56 Å². The Kier molecular flexibility index (Phi) is 4.93. The monoisotopic (exact) mass is 366 g/mol. The van der Waals surface area contributed by atoms with Crippen molar-refractivity contribution in [3.05, 3.63) is 48.0 Å². The molecular weight excluding hydrogens is 352 g/mol. The van der Waals surface area contributed by atoms with E-state index >= 15 is 0 Å². The van der Waals surface area contributed by atoms with Gasteiger partial charge in [0.1, 0.15) is 11.6 Å². The van der Waals surface area contributed by atoms with Crippen LogP contribution in [0, 0.1) is 25.2 Å². The number of rotatable bonds is 4. The first kappa shape index (κ1) is 15.9. The van der Waals surface area contributed by atoms with E-state index in [0.717, 1.165) is 10.3 Å². The minimum absolute atomic E-state index is 0.176. The van der Waals surface area contributed by atoms with Crippen LogP contribution in [0.2, 0.25) is 0 Å². The van der Waals surface area contributed by atoms with Gasteiger partial charge >= 0.3 is 0 Å². The minimum Gasteiger partial charge on any atom is -0.282 e. The first-order chi connectivity index (χ1) is 9.92. The topological polar surface area (TPSA) is 61.9 Å². The van der Waals surface area contributed by atoms with E-state index in [2.05, 4.69) is 21.0 Å². The van der Waals surface area contributed by atoms with Gasteiger partial charge in [-0.3, -0.25) is 9.69 Å². The summed E-state index contributed by atoms with van der Waals surface area (Å²) < 4.78 is 2.43. The SMILES string of the molecule is Cc1nn(CN(C)Cc2ccc(Br)s2)c(=O)c(C#N)c1C. The Morgan fingerprint density at radius 1 is 1.48 bits per heavy atom. The summed E-state index contributed by atoms with van der Waals surface area (Å²) in [6.07, 6.45) is 0. The summed E-state index contributed by atoms with van der Waals surface area (Å²) in [4.78, 5) is 15.4. The smallest absolute Gasteiger partial charge is 0.282 e. The van der Waals surface area contributed by atoms with Crippen LogP contribution in [-0.4, -0.2) is 21.7 Å². The lowest BCUT2D eigenvalue weighted by Gasteiger charge is -2.17. The highest BCUT2D eigenvalue weighted by atomic mass is 79.9. The molecule has 0 amide bonds. The molecule has 0 unspecified atom stereocenters. The van der Waals surface area contributed by atoms with Crippen molar-refractivity contribution >= 4 is 27.3 Å². The summed E-state index contributed by atoms with van der Waals surface area (Å²) >= 11 is 5.09. The van der Waals surface area contributed by atoms with Crippen LogP contribution < -0.4 is 5.56 Å². The lowest BCUT2D eigenvalue weighted by Crippen LogP contribution is -2.33. The van der Waals surface area contributed by atoms with Crippen LogP contribution in [0.15, 0.2) is 20.7 Å². The van der Waals surface area contributed by atoms with Crippen molar-refractivity contribution in [1.82, 2.24) is 14.7 Å². The van der Waals surface area contributed by atoms with Gasteiger partial charge in [0.15, 0.2) is 0 Å². The Labute approximate surface area is 135 Å². The van der Waals surface area contributed by atoms with Crippen LogP contribution in [-0.2, 0) is 13.2 Å². The Bertz CT molecular complexity index is 759. The predicted molar refractivity (Wildman–Crippen MR) is 86.2 cm³/mol. The number of nitriles is 1. The maximum atomic E-state index is 12.2. The highest BCUT2D eigenvalue weighted by molar-refractivity contribution is 9.11. The van der Waals surface area contributed by atoms with Gasteiger partial charge in [-0.1, -0.05) is 0 Å². The molecule has 2 aromatic heterocycles. The van der Waals surface area contributed by atoms with Crippen LogP contribution in [0.1, 0.15) is 21.7 Å². The molecule has 0 saturated heterocycles. The third-order valence-electron chi connectivity index (χ3n) is 3.18. The van der Waals surface area contributed by atoms with Gasteiger partial charge in [0.05, 0.1) is 16.1 Å². The second kappa shape index (κ2) is 6.52. The van der Waals surface area contributed by atoms with E-state index in [1.807, 2.05) is 37.1 Å². The standard InChI is InChI=1S/C14H15BrN4OS/c1-9-10(2)17-19(14(20)12(9)6-16)8-18(3)7-11-4-5-13(15)21-11/h4-5H,7-8H2,1-3H3. The number of aromatic nitrogens is 2. The van der Waals surface area contributed by atoms with Crippen molar-refractivity contribution < 1.29 is 0 Å².